The summed E-state index contributed by atoms with van der Waals surface area (Å²) in [5.41, 5.74) is -0.179. The molecule has 2 rings (SSSR count). The van der Waals surface area contributed by atoms with Gasteiger partial charge in [0.1, 0.15) is 5.82 Å². The first-order valence-corrected chi connectivity index (χ1v) is 7.14. The maximum Gasteiger partial charge on any atom is 0.338 e. The zero-order chi connectivity index (χ0) is 15.2. The number of carbonyl (C=O) groups is 2. The van der Waals surface area contributed by atoms with Crippen molar-refractivity contribution in [2.45, 2.75) is 32.1 Å². The molecule has 5 nitrogen and oxygen atoms in total. The van der Waals surface area contributed by atoms with Crippen LogP contribution in [0, 0.1) is 11.7 Å². The van der Waals surface area contributed by atoms with Crippen LogP contribution in [0.1, 0.15) is 42.5 Å². The Morgan fingerprint density at radius 3 is 2.57 bits per heavy atom. The topological polar surface area (TPSA) is 78.4 Å². The first-order chi connectivity index (χ1) is 10.1. The summed E-state index contributed by atoms with van der Waals surface area (Å²) in [4.78, 5) is 22.4. The second kappa shape index (κ2) is 7.06. The molecule has 0 saturated heterocycles. The highest BCUT2D eigenvalue weighted by Crippen LogP contribution is 2.22. The van der Waals surface area contributed by atoms with Gasteiger partial charge in [0.2, 0.25) is 0 Å². The molecule has 0 aromatic heterocycles. The van der Waals surface area contributed by atoms with E-state index in [2.05, 4.69) is 10.6 Å². The van der Waals surface area contributed by atoms with Crippen LogP contribution >= 0.6 is 0 Å². The predicted octanol–water partition coefficient (Wildman–Crippen LogP) is 3.23. The van der Waals surface area contributed by atoms with E-state index >= 15 is 0 Å². The fourth-order valence-electron chi connectivity index (χ4n) is 2.57. The van der Waals surface area contributed by atoms with Gasteiger partial charge < -0.3 is 15.7 Å². The Bertz CT molecular complexity index is 528. The van der Waals surface area contributed by atoms with Crippen molar-refractivity contribution in [1.82, 2.24) is 5.32 Å². The number of carboxylic acid groups (broad SMARTS) is 1. The molecule has 2 amide bonds. The Morgan fingerprint density at radius 2 is 1.95 bits per heavy atom. The number of carboxylic acids is 1. The van der Waals surface area contributed by atoms with Crippen molar-refractivity contribution >= 4 is 17.7 Å². The predicted molar refractivity (Wildman–Crippen MR) is 77.0 cm³/mol. The molecule has 0 heterocycles. The molecule has 1 fully saturated rings. The molecular weight excluding hydrogens is 275 g/mol. The third kappa shape index (κ3) is 4.44. The van der Waals surface area contributed by atoms with E-state index in [1.807, 2.05) is 0 Å². The zero-order valence-corrected chi connectivity index (χ0v) is 11.7. The van der Waals surface area contributed by atoms with Crippen molar-refractivity contribution in [2.75, 3.05) is 11.9 Å². The molecule has 1 aliphatic rings. The van der Waals surface area contributed by atoms with Gasteiger partial charge in [-0.05, 0) is 37.0 Å². The van der Waals surface area contributed by atoms with Crippen LogP contribution in [0.2, 0.25) is 0 Å². The Balaban J connectivity index is 1.84. The van der Waals surface area contributed by atoms with Gasteiger partial charge >= 0.3 is 12.0 Å². The lowest BCUT2D eigenvalue weighted by Gasteiger charge is -2.21. The molecule has 1 saturated carbocycles. The highest BCUT2D eigenvalue weighted by molar-refractivity contribution is 5.91. The van der Waals surface area contributed by atoms with E-state index in [9.17, 15) is 14.0 Å². The summed E-state index contributed by atoms with van der Waals surface area (Å²) in [6.07, 6.45) is 5.92. The minimum Gasteiger partial charge on any atom is -0.478 e. The fourth-order valence-corrected chi connectivity index (χ4v) is 2.57. The van der Waals surface area contributed by atoms with E-state index in [1.54, 1.807) is 0 Å². The number of anilines is 1. The number of urea groups is 1. The molecule has 6 heteroatoms. The van der Waals surface area contributed by atoms with Crippen LogP contribution in [0.15, 0.2) is 18.2 Å². The number of amides is 2. The minimum absolute atomic E-state index is 0.235. The molecule has 0 unspecified atom stereocenters. The maximum atomic E-state index is 13.5. The third-order valence-electron chi connectivity index (χ3n) is 3.73. The molecule has 3 N–H and O–H groups in total. The molecule has 0 aliphatic heterocycles. The molecule has 21 heavy (non-hydrogen) atoms. The first-order valence-electron chi connectivity index (χ1n) is 7.14. The lowest BCUT2D eigenvalue weighted by Crippen LogP contribution is -2.33. The molecule has 114 valence electrons. The van der Waals surface area contributed by atoms with E-state index in [0.29, 0.717) is 12.5 Å². The average Bonchev–Trinajstić information content (AvgIpc) is 2.46. The van der Waals surface area contributed by atoms with Crippen molar-refractivity contribution in [2.24, 2.45) is 5.92 Å². The van der Waals surface area contributed by atoms with Crippen LogP contribution in [0.4, 0.5) is 14.9 Å². The Labute approximate surface area is 122 Å². The summed E-state index contributed by atoms with van der Waals surface area (Å²) in [5, 5.41) is 14.0. The van der Waals surface area contributed by atoms with Gasteiger partial charge in [0.15, 0.2) is 0 Å². The summed E-state index contributed by atoms with van der Waals surface area (Å²) in [5.74, 6) is -1.69. The van der Waals surface area contributed by atoms with Crippen LogP contribution in [0.25, 0.3) is 0 Å². The standard InChI is InChI=1S/C15H19FN2O3/c16-13-8-11(6-7-12(13)14(19)20)18-15(21)17-9-10-4-2-1-3-5-10/h6-8,10H,1-5,9H2,(H,19,20)(H2,17,18,21). The van der Waals surface area contributed by atoms with E-state index < -0.39 is 23.4 Å². The molecule has 1 aromatic carbocycles. The van der Waals surface area contributed by atoms with E-state index in [1.165, 1.54) is 25.3 Å². The Kier molecular flexibility index (Phi) is 5.14. The third-order valence-corrected chi connectivity index (χ3v) is 3.73. The van der Waals surface area contributed by atoms with Gasteiger partial charge in [0, 0.05) is 12.2 Å². The number of aromatic carboxylic acids is 1. The van der Waals surface area contributed by atoms with Gasteiger partial charge in [0.25, 0.3) is 0 Å². The summed E-state index contributed by atoms with van der Waals surface area (Å²) in [6, 6.07) is 3.10. The summed E-state index contributed by atoms with van der Waals surface area (Å²) in [6.45, 7) is 0.613. The summed E-state index contributed by atoms with van der Waals surface area (Å²) >= 11 is 0. The second-order valence-corrected chi connectivity index (χ2v) is 5.34. The number of hydrogen-bond acceptors (Lipinski definition) is 2. The van der Waals surface area contributed by atoms with Gasteiger partial charge in [-0.3, -0.25) is 0 Å². The minimum atomic E-state index is -1.33. The highest BCUT2D eigenvalue weighted by atomic mass is 19.1. The van der Waals surface area contributed by atoms with Crippen molar-refractivity contribution in [1.29, 1.82) is 0 Å². The maximum absolute atomic E-state index is 13.5. The van der Waals surface area contributed by atoms with Crippen molar-refractivity contribution in [3.8, 4) is 0 Å². The second-order valence-electron chi connectivity index (χ2n) is 5.34. The van der Waals surface area contributed by atoms with Crippen molar-refractivity contribution in [3.63, 3.8) is 0 Å². The number of carbonyl (C=O) groups excluding carboxylic acids is 1. The molecule has 0 radical (unpaired) electrons. The fraction of sp³-hybridized carbons (Fsp3) is 0.467. The molecule has 0 bridgehead atoms. The van der Waals surface area contributed by atoms with Gasteiger partial charge in [-0.15, -0.1) is 0 Å². The van der Waals surface area contributed by atoms with Crippen LogP contribution < -0.4 is 10.6 Å². The number of halogens is 1. The van der Waals surface area contributed by atoms with Gasteiger partial charge in [-0.25, -0.2) is 14.0 Å². The SMILES string of the molecule is O=C(NCC1CCCCC1)Nc1ccc(C(=O)O)c(F)c1. The Morgan fingerprint density at radius 1 is 1.24 bits per heavy atom. The first kappa shape index (κ1) is 15.3. The number of hydrogen-bond donors (Lipinski definition) is 3. The highest BCUT2D eigenvalue weighted by Gasteiger charge is 2.15. The van der Waals surface area contributed by atoms with Crippen LogP contribution in [-0.4, -0.2) is 23.7 Å². The lowest BCUT2D eigenvalue weighted by molar-refractivity contribution is 0.0692. The average molecular weight is 294 g/mol. The molecular formula is C15H19FN2O3. The van der Waals surface area contributed by atoms with Gasteiger partial charge in [-0.2, -0.15) is 0 Å². The number of benzene rings is 1. The van der Waals surface area contributed by atoms with Crippen LogP contribution in [0.3, 0.4) is 0 Å². The quantitative estimate of drug-likeness (QED) is 0.797. The van der Waals surface area contributed by atoms with Gasteiger partial charge in [-0.1, -0.05) is 19.3 Å². The summed E-state index contributed by atoms with van der Waals surface area (Å²) in [7, 11) is 0. The summed E-state index contributed by atoms with van der Waals surface area (Å²) < 4.78 is 13.5. The normalized spacial score (nSPS) is 15.5. The molecule has 1 aliphatic carbocycles. The van der Waals surface area contributed by atoms with Crippen molar-refractivity contribution in [3.05, 3.63) is 29.6 Å². The molecule has 0 atom stereocenters. The number of nitrogens with one attached hydrogen (secondary N) is 2. The molecule has 1 aromatic rings. The van der Waals surface area contributed by atoms with Crippen LogP contribution in [0.5, 0.6) is 0 Å². The lowest BCUT2D eigenvalue weighted by atomic mass is 9.89. The zero-order valence-electron chi connectivity index (χ0n) is 11.7. The Hall–Kier alpha value is -2.11. The van der Waals surface area contributed by atoms with Crippen molar-refractivity contribution < 1.29 is 19.1 Å². The largest absolute Gasteiger partial charge is 0.478 e. The van der Waals surface area contributed by atoms with Gasteiger partial charge in [0.05, 0.1) is 5.56 Å². The van der Waals surface area contributed by atoms with E-state index in [-0.39, 0.29) is 5.69 Å². The molecule has 0 spiro atoms. The van der Waals surface area contributed by atoms with E-state index in [0.717, 1.165) is 25.0 Å². The van der Waals surface area contributed by atoms with E-state index in [4.69, 9.17) is 5.11 Å². The van der Waals surface area contributed by atoms with Crippen LogP contribution in [-0.2, 0) is 0 Å². The smallest absolute Gasteiger partial charge is 0.338 e. The number of rotatable bonds is 4. The monoisotopic (exact) mass is 294 g/mol.